The van der Waals surface area contributed by atoms with E-state index >= 15 is 0 Å². The van der Waals surface area contributed by atoms with Crippen LogP contribution in [-0.4, -0.2) is 15.9 Å². The molecule has 0 fully saturated rings. The standard InChI is InChI=1S/C18H16N.C5H8O2.Ir/c1-12-4-6-14(3)16(10-12)18-17-11-13(2)5-7-15(17)8-9-19-18;1-4(6)3-5(2)7;/h4-9,11H,1-3H3;3,6H,1-2H3;/q-1;;/b;4-3-;. The first-order valence-corrected chi connectivity index (χ1v) is 8.51. The Morgan fingerprint density at radius 3 is 2.37 bits per heavy atom. The number of hydrogen-bond acceptors (Lipinski definition) is 3. The van der Waals surface area contributed by atoms with Crippen molar-refractivity contribution >= 4 is 16.6 Å². The molecule has 0 aliphatic carbocycles. The maximum absolute atomic E-state index is 10.0. The summed E-state index contributed by atoms with van der Waals surface area (Å²) in [6, 6.07) is 16.2. The largest absolute Gasteiger partial charge is 0.512 e. The third-order valence-electron chi connectivity index (χ3n) is 3.87. The number of nitrogens with zero attached hydrogens (tertiary/aromatic N) is 1. The van der Waals surface area contributed by atoms with Gasteiger partial charge in [0.15, 0.2) is 5.78 Å². The van der Waals surface area contributed by atoms with Gasteiger partial charge in [-0.25, -0.2) is 0 Å². The molecule has 1 aromatic heterocycles. The number of ketones is 1. The van der Waals surface area contributed by atoms with E-state index in [1.165, 1.54) is 41.8 Å². The van der Waals surface area contributed by atoms with Gasteiger partial charge in [-0.15, -0.1) is 34.9 Å². The molecule has 27 heavy (non-hydrogen) atoms. The first-order valence-electron chi connectivity index (χ1n) is 8.51. The molecular weight excluding hydrogens is 514 g/mol. The second-order valence-electron chi connectivity index (χ2n) is 6.48. The van der Waals surface area contributed by atoms with Crippen molar-refractivity contribution in [2.45, 2.75) is 34.6 Å². The van der Waals surface area contributed by atoms with Crippen LogP contribution in [0.2, 0.25) is 0 Å². The molecule has 0 amide bonds. The minimum atomic E-state index is -0.125. The predicted octanol–water partition coefficient (Wildman–Crippen LogP) is 5.66. The Kier molecular flexibility index (Phi) is 8.55. The molecule has 1 radical (unpaired) electrons. The van der Waals surface area contributed by atoms with E-state index in [1.807, 2.05) is 6.20 Å². The maximum atomic E-state index is 10.0. The van der Waals surface area contributed by atoms with Gasteiger partial charge < -0.3 is 10.1 Å². The molecule has 3 aromatic rings. The van der Waals surface area contributed by atoms with Gasteiger partial charge in [0, 0.05) is 32.4 Å². The minimum absolute atomic E-state index is 0. The molecule has 0 saturated heterocycles. The van der Waals surface area contributed by atoms with Crippen molar-refractivity contribution in [3.05, 3.63) is 77.2 Å². The number of fused-ring (bicyclic) bond motifs is 1. The summed E-state index contributed by atoms with van der Waals surface area (Å²) in [7, 11) is 0. The normalized spacial score (nSPS) is 10.6. The summed E-state index contributed by atoms with van der Waals surface area (Å²) in [4.78, 5) is 14.6. The van der Waals surface area contributed by atoms with Crippen LogP contribution in [-0.2, 0) is 24.9 Å². The first kappa shape index (κ1) is 22.7. The Morgan fingerprint density at radius 1 is 1.07 bits per heavy atom. The molecule has 0 saturated carbocycles. The van der Waals surface area contributed by atoms with Crippen molar-refractivity contribution in [3.8, 4) is 11.3 Å². The van der Waals surface area contributed by atoms with Gasteiger partial charge >= 0.3 is 0 Å². The quantitative estimate of drug-likeness (QED) is 0.260. The zero-order valence-corrected chi connectivity index (χ0v) is 18.6. The summed E-state index contributed by atoms with van der Waals surface area (Å²) in [5, 5.41) is 10.8. The van der Waals surface area contributed by atoms with Crippen molar-refractivity contribution in [2.24, 2.45) is 0 Å². The third-order valence-corrected chi connectivity index (χ3v) is 3.87. The van der Waals surface area contributed by atoms with Crippen LogP contribution < -0.4 is 0 Å². The molecule has 1 heterocycles. The number of carbonyl (C=O) groups excluding carboxylic acids is 1. The van der Waals surface area contributed by atoms with Crippen molar-refractivity contribution in [3.63, 3.8) is 0 Å². The smallest absolute Gasteiger partial charge is 0.155 e. The number of rotatable bonds is 2. The fraction of sp³-hybridized carbons (Fsp3) is 0.217. The molecule has 0 bridgehead atoms. The van der Waals surface area contributed by atoms with E-state index < -0.39 is 0 Å². The van der Waals surface area contributed by atoms with Gasteiger partial charge in [-0.05, 0) is 43.3 Å². The fourth-order valence-corrected chi connectivity index (χ4v) is 2.69. The van der Waals surface area contributed by atoms with Gasteiger partial charge in [-0.1, -0.05) is 37.6 Å². The van der Waals surface area contributed by atoms with Crippen LogP contribution in [0.5, 0.6) is 0 Å². The number of aliphatic hydroxyl groups is 1. The molecule has 0 aliphatic rings. The topological polar surface area (TPSA) is 50.2 Å². The van der Waals surface area contributed by atoms with Crippen molar-refractivity contribution < 1.29 is 30.0 Å². The number of hydrogen-bond donors (Lipinski definition) is 1. The minimum Gasteiger partial charge on any atom is -0.512 e. The van der Waals surface area contributed by atoms with Gasteiger partial charge in [-0.2, -0.15) is 0 Å². The summed E-state index contributed by atoms with van der Waals surface area (Å²) in [6.07, 6.45) is 3.04. The SMILES string of the molecule is CC(=O)/C=C(/C)O.Cc1[c-]c(-c2nccc3ccc(C)cc23)c(C)cc1.[Ir]. The number of benzene rings is 2. The monoisotopic (exact) mass is 539 g/mol. The molecule has 2 aromatic carbocycles. The Balaban J connectivity index is 0.000000395. The molecule has 143 valence electrons. The van der Waals surface area contributed by atoms with E-state index in [1.54, 1.807) is 0 Å². The Bertz CT molecular complexity index is 973. The predicted molar refractivity (Wildman–Crippen MR) is 107 cm³/mol. The first-order chi connectivity index (χ1) is 12.3. The van der Waals surface area contributed by atoms with Crippen LogP contribution in [0, 0.1) is 26.8 Å². The maximum Gasteiger partial charge on any atom is 0.155 e. The van der Waals surface area contributed by atoms with Crippen molar-refractivity contribution in [1.29, 1.82) is 0 Å². The molecule has 0 atom stereocenters. The summed E-state index contributed by atoms with van der Waals surface area (Å²) < 4.78 is 0. The number of carbonyl (C=O) groups is 1. The van der Waals surface area contributed by atoms with Gasteiger partial charge in [0.25, 0.3) is 0 Å². The van der Waals surface area contributed by atoms with E-state index in [2.05, 4.69) is 68.2 Å². The van der Waals surface area contributed by atoms with E-state index in [0.29, 0.717) is 0 Å². The van der Waals surface area contributed by atoms with Gasteiger partial charge in [-0.3, -0.25) is 4.79 Å². The molecule has 0 spiro atoms. The van der Waals surface area contributed by atoms with Gasteiger partial charge in [0.1, 0.15) is 0 Å². The third kappa shape index (κ3) is 6.42. The van der Waals surface area contributed by atoms with Crippen molar-refractivity contribution in [2.75, 3.05) is 0 Å². The Morgan fingerprint density at radius 2 is 1.78 bits per heavy atom. The van der Waals surface area contributed by atoms with E-state index in [0.717, 1.165) is 16.8 Å². The Labute approximate surface area is 174 Å². The summed E-state index contributed by atoms with van der Waals surface area (Å²) in [5.41, 5.74) is 5.75. The second-order valence-corrected chi connectivity index (χ2v) is 6.48. The fourth-order valence-electron chi connectivity index (χ4n) is 2.69. The Hall–Kier alpha value is -2.29. The van der Waals surface area contributed by atoms with E-state index in [-0.39, 0.29) is 31.6 Å². The van der Waals surface area contributed by atoms with E-state index in [9.17, 15) is 4.79 Å². The van der Waals surface area contributed by atoms with Gasteiger partial charge in [0.2, 0.25) is 0 Å². The molecule has 3 rings (SSSR count). The van der Waals surface area contributed by atoms with Crippen LogP contribution in [0.15, 0.2) is 54.4 Å². The number of allylic oxidation sites excluding steroid dienone is 2. The average Bonchev–Trinajstić information content (AvgIpc) is 2.56. The summed E-state index contributed by atoms with van der Waals surface area (Å²) in [6.45, 7) is 9.14. The van der Waals surface area contributed by atoms with Crippen LogP contribution in [0.4, 0.5) is 0 Å². The molecule has 3 nitrogen and oxygen atoms in total. The van der Waals surface area contributed by atoms with Crippen LogP contribution in [0.3, 0.4) is 0 Å². The molecule has 0 unspecified atom stereocenters. The second kappa shape index (κ2) is 10.1. The molecular formula is C23H24IrNO2-. The van der Waals surface area contributed by atoms with Gasteiger partial charge in [0.05, 0.1) is 5.76 Å². The number of aliphatic hydroxyl groups excluding tert-OH is 1. The van der Waals surface area contributed by atoms with Crippen LogP contribution in [0.1, 0.15) is 30.5 Å². The summed E-state index contributed by atoms with van der Waals surface area (Å²) in [5.74, 6) is -0.0625. The molecule has 1 N–H and O–H groups in total. The van der Waals surface area contributed by atoms with E-state index in [4.69, 9.17) is 5.11 Å². The van der Waals surface area contributed by atoms with Crippen molar-refractivity contribution in [1.82, 2.24) is 4.98 Å². The zero-order chi connectivity index (χ0) is 19.3. The number of pyridine rings is 1. The summed E-state index contributed by atoms with van der Waals surface area (Å²) >= 11 is 0. The average molecular weight is 539 g/mol. The van der Waals surface area contributed by atoms with Crippen LogP contribution in [0.25, 0.3) is 22.0 Å². The number of aryl methyl sites for hydroxylation is 3. The molecule has 4 heteroatoms. The number of aromatic nitrogens is 1. The zero-order valence-electron chi connectivity index (χ0n) is 16.3. The van der Waals surface area contributed by atoms with Crippen LogP contribution >= 0.6 is 0 Å². The molecule has 0 aliphatic heterocycles.